The van der Waals surface area contributed by atoms with Crippen LogP contribution in [0.3, 0.4) is 0 Å². The fraction of sp³-hybridized carbons (Fsp3) is 0.676. The highest BCUT2D eigenvalue weighted by atomic mass is 16.5. The Hall–Kier alpha value is -1.91. The largest absolute Gasteiger partial charge is 0.458 e. The standard InChI is InChI=1S/C34H48O4/c1-22(11-16-30(35)32(2,3)37)27-14-15-28-26-13-12-24-21-25(38-31(36)23-9-7-6-8-10-23)17-19-33(24,4)29(26)18-20-34(27,28)5/h6-10,12-13,22,25,27-30,35,37H,11,14-21H2,1-5H3/t22-,25+,27-,28+,29+,30-,33+,34-/m1/s1. The number of carbonyl (C=O) groups is 1. The lowest BCUT2D eigenvalue weighted by Crippen LogP contribution is -2.47. The Morgan fingerprint density at radius 3 is 2.47 bits per heavy atom. The minimum Gasteiger partial charge on any atom is -0.458 e. The Morgan fingerprint density at radius 1 is 1.03 bits per heavy atom. The third-order valence-corrected chi connectivity index (χ3v) is 11.3. The summed E-state index contributed by atoms with van der Waals surface area (Å²) in [6, 6.07) is 9.34. The quantitative estimate of drug-likeness (QED) is 0.371. The van der Waals surface area contributed by atoms with Crippen molar-refractivity contribution in [2.45, 2.75) is 110 Å². The second-order valence-corrected chi connectivity index (χ2v) is 14.0. The van der Waals surface area contributed by atoms with Crippen molar-refractivity contribution in [2.24, 2.45) is 34.5 Å². The Labute approximate surface area is 229 Å². The Balaban J connectivity index is 1.28. The van der Waals surface area contributed by atoms with Crippen molar-refractivity contribution >= 4 is 5.97 Å². The number of aliphatic hydroxyl groups excluding tert-OH is 1. The van der Waals surface area contributed by atoms with Gasteiger partial charge in [0.1, 0.15) is 6.10 Å². The number of rotatable bonds is 7. The molecule has 0 spiro atoms. The molecule has 3 fully saturated rings. The zero-order chi connectivity index (χ0) is 27.3. The third-order valence-electron chi connectivity index (χ3n) is 11.3. The molecular formula is C34H48O4. The third kappa shape index (κ3) is 4.92. The van der Waals surface area contributed by atoms with Crippen LogP contribution in [0.2, 0.25) is 0 Å². The first kappa shape index (κ1) is 27.6. The molecule has 1 aromatic rings. The Bertz CT molecular complexity index is 1080. The minimum atomic E-state index is -1.04. The van der Waals surface area contributed by atoms with Gasteiger partial charge in [0, 0.05) is 6.42 Å². The smallest absolute Gasteiger partial charge is 0.338 e. The van der Waals surface area contributed by atoms with Gasteiger partial charge in [-0.25, -0.2) is 4.79 Å². The molecule has 4 aliphatic rings. The second kappa shape index (κ2) is 10.2. The van der Waals surface area contributed by atoms with E-state index in [1.165, 1.54) is 31.3 Å². The maximum absolute atomic E-state index is 12.7. The van der Waals surface area contributed by atoms with Gasteiger partial charge in [-0.15, -0.1) is 0 Å². The number of allylic oxidation sites excluding steroid dienone is 3. The Kier molecular flexibility index (Phi) is 7.45. The van der Waals surface area contributed by atoms with E-state index in [0.717, 1.165) is 25.7 Å². The van der Waals surface area contributed by atoms with Crippen LogP contribution < -0.4 is 0 Å². The maximum atomic E-state index is 12.7. The molecule has 0 bridgehead atoms. The number of carbonyl (C=O) groups excluding carboxylic acids is 1. The molecule has 4 nitrogen and oxygen atoms in total. The summed E-state index contributed by atoms with van der Waals surface area (Å²) in [6.07, 6.45) is 13.6. The van der Waals surface area contributed by atoms with E-state index in [0.29, 0.717) is 41.1 Å². The molecule has 0 aliphatic heterocycles. The van der Waals surface area contributed by atoms with Crippen LogP contribution in [0, 0.1) is 34.5 Å². The molecule has 208 valence electrons. The SMILES string of the molecule is C[C@H](CC[C@@H](O)C(C)(C)O)[C@H]1CC[C@H]2C3=CC=C4C[C@@H](OC(=O)c5ccccc5)CC[C@]4(C)[C@H]3CC[C@]12C. The first-order chi connectivity index (χ1) is 17.9. The summed E-state index contributed by atoms with van der Waals surface area (Å²) < 4.78 is 5.96. The molecule has 2 N–H and O–H groups in total. The van der Waals surface area contributed by atoms with Gasteiger partial charge in [-0.1, -0.05) is 62.3 Å². The van der Waals surface area contributed by atoms with Crippen molar-refractivity contribution in [1.29, 1.82) is 0 Å². The molecule has 3 saturated carbocycles. The highest BCUT2D eigenvalue weighted by Crippen LogP contribution is 2.66. The fourth-order valence-corrected chi connectivity index (χ4v) is 8.81. The number of aliphatic hydroxyl groups is 2. The predicted octanol–water partition coefficient (Wildman–Crippen LogP) is 7.26. The minimum absolute atomic E-state index is 0.0400. The van der Waals surface area contributed by atoms with E-state index in [1.807, 2.05) is 30.3 Å². The summed E-state index contributed by atoms with van der Waals surface area (Å²) in [4.78, 5) is 12.7. The topological polar surface area (TPSA) is 66.8 Å². The molecule has 0 heterocycles. The number of fused-ring (bicyclic) bond motifs is 5. The fourth-order valence-electron chi connectivity index (χ4n) is 8.81. The first-order valence-corrected chi connectivity index (χ1v) is 15.0. The molecule has 5 rings (SSSR count). The summed E-state index contributed by atoms with van der Waals surface area (Å²) in [5.41, 5.74) is 3.22. The molecule has 0 saturated heterocycles. The lowest BCUT2D eigenvalue weighted by atomic mass is 9.50. The van der Waals surface area contributed by atoms with Crippen LogP contribution >= 0.6 is 0 Å². The lowest BCUT2D eigenvalue weighted by Gasteiger charge is -2.55. The summed E-state index contributed by atoms with van der Waals surface area (Å²) in [5.74, 6) is 2.23. The second-order valence-electron chi connectivity index (χ2n) is 14.0. The van der Waals surface area contributed by atoms with E-state index in [1.54, 1.807) is 19.4 Å². The van der Waals surface area contributed by atoms with Crippen LogP contribution in [-0.2, 0) is 4.74 Å². The molecule has 0 amide bonds. The normalized spacial score (nSPS) is 36.2. The summed E-state index contributed by atoms with van der Waals surface area (Å²) in [7, 11) is 0. The highest BCUT2D eigenvalue weighted by Gasteiger charge is 2.57. The van der Waals surface area contributed by atoms with E-state index >= 15 is 0 Å². The molecule has 4 heteroatoms. The average Bonchev–Trinajstić information content (AvgIpc) is 3.24. The van der Waals surface area contributed by atoms with Crippen LogP contribution in [0.15, 0.2) is 53.6 Å². The number of hydrogen-bond donors (Lipinski definition) is 2. The number of esters is 1. The zero-order valence-electron chi connectivity index (χ0n) is 24.1. The summed E-state index contributed by atoms with van der Waals surface area (Å²) in [6.45, 7) is 10.8. The van der Waals surface area contributed by atoms with Gasteiger partial charge in [-0.2, -0.15) is 0 Å². The molecule has 0 unspecified atom stereocenters. The summed E-state index contributed by atoms with van der Waals surface area (Å²) >= 11 is 0. The van der Waals surface area contributed by atoms with E-state index < -0.39 is 11.7 Å². The zero-order valence-corrected chi connectivity index (χ0v) is 24.1. The van der Waals surface area contributed by atoms with E-state index in [9.17, 15) is 15.0 Å². The van der Waals surface area contributed by atoms with Crippen molar-refractivity contribution < 1.29 is 19.7 Å². The first-order valence-electron chi connectivity index (χ1n) is 15.0. The van der Waals surface area contributed by atoms with E-state index in [4.69, 9.17) is 4.74 Å². The van der Waals surface area contributed by atoms with Gasteiger partial charge in [0.2, 0.25) is 0 Å². The van der Waals surface area contributed by atoms with Crippen molar-refractivity contribution in [3.8, 4) is 0 Å². The number of hydrogen-bond acceptors (Lipinski definition) is 4. The van der Waals surface area contributed by atoms with Crippen LogP contribution in [0.4, 0.5) is 0 Å². The van der Waals surface area contributed by atoms with Gasteiger partial charge in [-0.3, -0.25) is 0 Å². The molecule has 4 aliphatic carbocycles. The van der Waals surface area contributed by atoms with Crippen LogP contribution in [0.1, 0.15) is 103 Å². The van der Waals surface area contributed by atoms with Crippen molar-refractivity contribution in [3.05, 3.63) is 59.2 Å². The van der Waals surface area contributed by atoms with Crippen LogP contribution in [-0.4, -0.2) is 34.0 Å². The van der Waals surface area contributed by atoms with Crippen molar-refractivity contribution in [1.82, 2.24) is 0 Å². The van der Waals surface area contributed by atoms with Gasteiger partial charge in [0.05, 0.1) is 17.3 Å². The highest BCUT2D eigenvalue weighted by molar-refractivity contribution is 5.89. The van der Waals surface area contributed by atoms with Gasteiger partial charge in [0.15, 0.2) is 0 Å². The average molecular weight is 521 g/mol. The molecule has 0 aromatic heterocycles. The van der Waals surface area contributed by atoms with E-state index in [-0.39, 0.29) is 17.5 Å². The van der Waals surface area contributed by atoms with Gasteiger partial charge in [0.25, 0.3) is 0 Å². The molecule has 38 heavy (non-hydrogen) atoms. The van der Waals surface area contributed by atoms with Gasteiger partial charge in [-0.05, 0) is 112 Å². The van der Waals surface area contributed by atoms with Gasteiger partial charge >= 0.3 is 5.97 Å². The lowest BCUT2D eigenvalue weighted by molar-refractivity contribution is -0.0558. The van der Waals surface area contributed by atoms with Crippen molar-refractivity contribution in [3.63, 3.8) is 0 Å². The van der Waals surface area contributed by atoms with Crippen LogP contribution in [0.25, 0.3) is 0 Å². The monoisotopic (exact) mass is 520 g/mol. The van der Waals surface area contributed by atoms with Crippen molar-refractivity contribution in [2.75, 3.05) is 0 Å². The number of ether oxygens (including phenoxy) is 1. The van der Waals surface area contributed by atoms with Crippen LogP contribution in [0.5, 0.6) is 0 Å². The molecule has 0 radical (unpaired) electrons. The van der Waals surface area contributed by atoms with E-state index in [2.05, 4.69) is 32.9 Å². The maximum Gasteiger partial charge on any atom is 0.338 e. The molecule has 8 atom stereocenters. The Morgan fingerprint density at radius 2 is 1.76 bits per heavy atom. The summed E-state index contributed by atoms with van der Waals surface area (Å²) in [5, 5.41) is 20.6. The molecule has 1 aromatic carbocycles. The predicted molar refractivity (Wildman–Crippen MR) is 152 cm³/mol. The van der Waals surface area contributed by atoms with Gasteiger partial charge < -0.3 is 14.9 Å². The number of benzene rings is 1. The molecular weight excluding hydrogens is 472 g/mol.